The van der Waals surface area contributed by atoms with Crippen LogP contribution in [0.4, 0.5) is 0 Å². The van der Waals surface area contributed by atoms with Gasteiger partial charge in [-0.25, -0.2) is 0 Å². The van der Waals surface area contributed by atoms with Crippen molar-refractivity contribution in [2.45, 2.75) is 18.9 Å². The van der Waals surface area contributed by atoms with Gasteiger partial charge in [0.2, 0.25) is 0 Å². The third-order valence-electron chi connectivity index (χ3n) is 2.64. The summed E-state index contributed by atoms with van der Waals surface area (Å²) in [6.45, 7) is 0.910. The summed E-state index contributed by atoms with van der Waals surface area (Å²) in [4.78, 5) is 10.5. The summed E-state index contributed by atoms with van der Waals surface area (Å²) in [5, 5.41) is 11.7. The number of carbonyl (C=O) groups is 1. The molecular weight excluding hydrogens is 130 g/mol. The van der Waals surface area contributed by atoms with E-state index >= 15 is 0 Å². The monoisotopic (exact) mass is 141 g/mol. The molecule has 2 aliphatic heterocycles. The molecule has 10 heavy (non-hydrogen) atoms. The molecule has 0 radical (unpaired) electrons. The minimum atomic E-state index is -0.678. The second kappa shape index (κ2) is 1.95. The number of carboxylic acids is 1. The normalized spacial score (nSPS) is 44.2. The molecule has 0 amide bonds. The molecule has 0 aromatic carbocycles. The van der Waals surface area contributed by atoms with Crippen molar-refractivity contribution >= 4 is 5.97 Å². The number of piperidine rings is 2. The van der Waals surface area contributed by atoms with Crippen LogP contribution in [-0.4, -0.2) is 23.7 Å². The Morgan fingerprint density at radius 1 is 1.50 bits per heavy atom. The molecule has 3 nitrogen and oxygen atoms in total. The van der Waals surface area contributed by atoms with Crippen molar-refractivity contribution in [3.8, 4) is 0 Å². The third kappa shape index (κ3) is 0.736. The number of fused-ring (bicyclic) bond motifs is 2. The lowest BCUT2D eigenvalue weighted by atomic mass is 9.68. The van der Waals surface area contributed by atoms with Crippen LogP contribution in [0.5, 0.6) is 0 Å². The molecule has 2 bridgehead atoms. The van der Waals surface area contributed by atoms with E-state index < -0.39 is 5.97 Å². The fraction of sp³-hybridized carbons (Fsp3) is 0.857. The van der Waals surface area contributed by atoms with Gasteiger partial charge in [-0.05, 0) is 31.2 Å². The van der Waals surface area contributed by atoms with Crippen molar-refractivity contribution in [1.82, 2.24) is 5.32 Å². The van der Waals surface area contributed by atoms with Gasteiger partial charge in [-0.1, -0.05) is 0 Å². The number of hydrogen-bond donors (Lipinski definition) is 2. The van der Waals surface area contributed by atoms with Gasteiger partial charge in [0, 0.05) is 0 Å². The van der Waals surface area contributed by atoms with Crippen molar-refractivity contribution < 1.29 is 9.90 Å². The van der Waals surface area contributed by atoms with E-state index in [9.17, 15) is 4.79 Å². The number of rotatable bonds is 1. The van der Waals surface area contributed by atoms with Crippen LogP contribution in [0, 0.1) is 11.8 Å². The molecular formula is C7H11NO2. The fourth-order valence-corrected chi connectivity index (χ4v) is 1.98. The predicted octanol–water partition coefficient (Wildman–Crippen LogP) is 0.0690. The molecule has 56 valence electrons. The molecule has 1 saturated carbocycles. The number of aliphatic carboxylic acids is 1. The molecule has 3 fully saturated rings. The highest BCUT2D eigenvalue weighted by Gasteiger charge is 2.42. The minimum Gasteiger partial charge on any atom is -0.480 e. The van der Waals surface area contributed by atoms with Gasteiger partial charge in [0.05, 0.1) is 0 Å². The van der Waals surface area contributed by atoms with Gasteiger partial charge in [0.1, 0.15) is 6.04 Å². The molecule has 1 aliphatic carbocycles. The van der Waals surface area contributed by atoms with Crippen LogP contribution in [0.3, 0.4) is 0 Å². The summed E-state index contributed by atoms with van der Waals surface area (Å²) < 4.78 is 0. The first-order valence-electron chi connectivity index (χ1n) is 3.73. The van der Waals surface area contributed by atoms with E-state index in [0.29, 0.717) is 5.92 Å². The van der Waals surface area contributed by atoms with E-state index in [1.807, 2.05) is 0 Å². The first-order chi connectivity index (χ1) is 4.77. The Balaban J connectivity index is 2.02. The second-order valence-electron chi connectivity index (χ2n) is 3.32. The Bertz CT molecular complexity index is 160. The van der Waals surface area contributed by atoms with E-state index in [4.69, 9.17) is 5.11 Å². The average Bonchev–Trinajstić information content (AvgIpc) is 1.86. The van der Waals surface area contributed by atoms with Gasteiger partial charge in [0.25, 0.3) is 0 Å². The fourth-order valence-electron chi connectivity index (χ4n) is 1.98. The van der Waals surface area contributed by atoms with E-state index in [1.165, 1.54) is 0 Å². The average molecular weight is 141 g/mol. The van der Waals surface area contributed by atoms with Crippen LogP contribution in [0.15, 0.2) is 0 Å². The predicted molar refractivity (Wildman–Crippen MR) is 35.6 cm³/mol. The van der Waals surface area contributed by atoms with Gasteiger partial charge in [0.15, 0.2) is 0 Å². The Kier molecular flexibility index (Phi) is 1.20. The van der Waals surface area contributed by atoms with Crippen molar-refractivity contribution in [3.63, 3.8) is 0 Å². The quantitative estimate of drug-likeness (QED) is 0.543. The highest BCUT2D eigenvalue weighted by atomic mass is 16.4. The maximum absolute atomic E-state index is 10.5. The van der Waals surface area contributed by atoms with Crippen LogP contribution in [-0.2, 0) is 4.79 Å². The third-order valence-corrected chi connectivity index (χ3v) is 2.64. The van der Waals surface area contributed by atoms with Crippen molar-refractivity contribution in [2.75, 3.05) is 6.54 Å². The second-order valence-corrected chi connectivity index (χ2v) is 3.32. The molecule has 3 aliphatic rings. The SMILES string of the molecule is O=C(O)C1NCC2CC1C2. The summed E-state index contributed by atoms with van der Waals surface area (Å²) >= 11 is 0. The van der Waals surface area contributed by atoms with Crippen LogP contribution in [0.25, 0.3) is 0 Å². The highest BCUT2D eigenvalue weighted by Crippen LogP contribution is 2.39. The zero-order valence-corrected chi connectivity index (χ0v) is 5.71. The Hall–Kier alpha value is -0.570. The van der Waals surface area contributed by atoms with Crippen LogP contribution in [0.2, 0.25) is 0 Å². The van der Waals surface area contributed by atoms with Gasteiger partial charge in [-0.3, -0.25) is 4.79 Å². The lowest BCUT2D eigenvalue weighted by Gasteiger charge is -2.45. The molecule has 1 atom stereocenters. The largest absolute Gasteiger partial charge is 0.480 e. The van der Waals surface area contributed by atoms with Gasteiger partial charge < -0.3 is 10.4 Å². The zero-order valence-electron chi connectivity index (χ0n) is 5.71. The summed E-state index contributed by atoms with van der Waals surface area (Å²) in [6.07, 6.45) is 2.26. The first-order valence-corrected chi connectivity index (χ1v) is 3.73. The molecule has 2 N–H and O–H groups in total. The lowest BCUT2D eigenvalue weighted by molar-refractivity contribution is -0.144. The Morgan fingerprint density at radius 3 is 2.50 bits per heavy atom. The first kappa shape index (κ1) is 6.16. The van der Waals surface area contributed by atoms with Crippen LogP contribution in [0.1, 0.15) is 12.8 Å². The summed E-state index contributed by atoms with van der Waals surface area (Å²) in [7, 11) is 0. The van der Waals surface area contributed by atoms with Crippen molar-refractivity contribution in [3.05, 3.63) is 0 Å². The number of nitrogens with one attached hydrogen (secondary N) is 1. The molecule has 3 rings (SSSR count). The maximum Gasteiger partial charge on any atom is 0.320 e. The zero-order chi connectivity index (χ0) is 7.14. The molecule has 1 unspecified atom stereocenters. The molecule has 2 heterocycles. The van der Waals surface area contributed by atoms with E-state index in [-0.39, 0.29) is 6.04 Å². The summed E-state index contributed by atoms with van der Waals surface area (Å²) in [6, 6.07) is -0.245. The molecule has 0 aromatic rings. The number of hydrogen-bond acceptors (Lipinski definition) is 2. The van der Waals surface area contributed by atoms with Crippen molar-refractivity contribution in [2.24, 2.45) is 11.8 Å². The summed E-state index contributed by atoms with van der Waals surface area (Å²) in [5.74, 6) is 0.528. The van der Waals surface area contributed by atoms with Crippen LogP contribution < -0.4 is 5.32 Å². The van der Waals surface area contributed by atoms with Crippen molar-refractivity contribution in [1.29, 1.82) is 0 Å². The highest BCUT2D eigenvalue weighted by molar-refractivity contribution is 5.74. The Morgan fingerprint density at radius 2 is 2.20 bits per heavy atom. The summed E-state index contributed by atoms with van der Waals surface area (Å²) in [5.41, 5.74) is 0. The van der Waals surface area contributed by atoms with E-state index in [2.05, 4.69) is 5.32 Å². The number of carboxylic acid groups (broad SMARTS) is 1. The smallest absolute Gasteiger partial charge is 0.320 e. The molecule has 2 saturated heterocycles. The van der Waals surface area contributed by atoms with E-state index in [0.717, 1.165) is 25.3 Å². The van der Waals surface area contributed by atoms with Gasteiger partial charge in [-0.2, -0.15) is 0 Å². The minimum absolute atomic E-state index is 0.245. The topological polar surface area (TPSA) is 49.3 Å². The Labute approximate surface area is 59.4 Å². The maximum atomic E-state index is 10.5. The molecule has 0 aromatic heterocycles. The lowest BCUT2D eigenvalue weighted by Crippen LogP contribution is -2.56. The van der Waals surface area contributed by atoms with Crippen LogP contribution >= 0.6 is 0 Å². The van der Waals surface area contributed by atoms with Gasteiger partial charge >= 0.3 is 5.97 Å². The molecule has 0 spiro atoms. The van der Waals surface area contributed by atoms with Gasteiger partial charge in [-0.15, -0.1) is 0 Å². The molecule has 3 heteroatoms. The standard InChI is InChI=1S/C7H11NO2/c9-7(10)6-5-1-4(2-5)3-8-6/h4-6,8H,1-3H2,(H,9,10). The van der Waals surface area contributed by atoms with E-state index in [1.54, 1.807) is 0 Å².